The van der Waals surface area contributed by atoms with Gasteiger partial charge >= 0.3 is 0 Å². The zero-order chi connectivity index (χ0) is 12.3. The molecule has 0 aromatic carbocycles. The summed E-state index contributed by atoms with van der Waals surface area (Å²) < 4.78 is 0. The first-order valence-corrected chi connectivity index (χ1v) is 7.73. The van der Waals surface area contributed by atoms with Crippen LogP contribution in [0.5, 0.6) is 0 Å². The zero-order valence-electron chi connectivity index (χ0n) is 10.6. The van der Waals surface area contributed by atoms with Crippen LogP contribution in [0.2, 0.25) is 0 Å². The first-order valence-electron chi connectivity index (χ1n) is 6.03. The highest BCUT2D eigenvalue weighted by Gasteiger charge is 2.14. The van der Waals surface area contributed by atoms with Crippen LogP contribution < -0.4 is 5.32 Å². The van der Waals surface area contributed by atoms with Crippen molar-refractivity contribution in [1.82, 2.24) is 5.32 Å². The van der Waals surface area contributed by atoms with E-state index in [9.17, 15) is 0 Å². The molecule has 2 aromatic rings. The van der Waals surface area contributed by atoms with Gasteiger partial charge in [-0.15, -0.1) is 22.7 Å². The van der Waals surface area contributed by atoms with E-state index in [1.54, 1.807) is 0 Å². The molecule has 0 aliphatic heterocycles. The lowest BCUT2D eigenvalue weighted by molar-refractivity contribution is 0.604. The van der Waals surface area contributed by atoms with Crippen molar-refractivity contribution in [3.63, 3.8) is 0 Å². The second-order valence-electron chi connectivity index (χ2n) is 4.23. The Kier molecular flexibility index (Phi) is 4.37. The standard InChI is InChI=1S/C14H19NS2/c1-4-11-5-6-12(17-11)9-13(15-3)14-10(2)7-8-16-14/h5-8,13,15H,4,9H2,1-3H3. The Hall–Kier alpha value is -0.640. The van der Waals surface area contributed by atoms with E-state index < -0.39 is 0 Å². The summed E-state index contributed by atoms with van der Waals surface area (Å²) in [6.45, 7) is 4.41. The Morgan fingerprint density at radius 1 is 1.24 bits per heavy atom. The van der Waals surface area contributed by atoms with Gasteiger partial charge in [-0.3, -0.25) is 0 Å². The first kappa shape index (κ1) is 12.8. The molecule has 1 N–H and O–H groups in total. The Bertz CT molecular complexity index is 470. The largest absolute Gasteiger partial charge is 0.312 e. The van der Waals surface area contributed by atoms with E-state index in [4.69, 9.17) is 0 Å². The Balaban J connectivity index is 2.12. The number of aryl methyl sites for hydroxylation is 2. The fourth-order valence-electron chi connectivity index (χ4n) is 1.99. The molecule has 0 saturated carbocycles. The van der Waals surface area contributed by atoms with Crippen LogP contribution in [0, 0.1) is 6.92 Å². The maximum Gasteiger partial charge on any atom is 0.0463 e. The van der Waals surface area contributed by atoms with Crippen LogP contribution in [-0.4, -0.2) is 7.05 Å². The first-order chi connectivity index (χ1) is 8.24. The van der Waals surface area contributed by atoms with Crippen molar-refractivity contribution in [1.29, 1.82) is 0 Å². The van der Waals surface area contributed by atoms with Gasteiger partial charge in [-0.25, -0.2) is 0 Å². The topological polar surface area (TPSA) is 12.0 Å². The van der Waals surface area contributed by atoms with E-state index in [-0.39, 0.29) is 0 Å². The molecule has 2 heterocycles. The molecule has 17 heavy (non-hydrogen) atoms. The molecular weight excluding hydrogens is 246 g/mol. The van der Waals surface area contributed by atoms with Gasteiger partial charge in [0.1, 0.15) is 0 Å². The highest BCUT2D eigenvalue weighted by atomic mass is 32.1. The molecule has 0 fully saturated rings. The van der Waals surface area contributed by atoms with Gasteiger partial charge in [0.05, 0.1) is 0 Å². The molecule has 1 atom stereocenters. The molecule has 3 heteroatoms. The SMILES string of the molecule is CCc1ccc(CC(NC)c2sccc2C)s1. The van der Waals surface area contributed by atoms with E-state index in [0.717, 1.165) is 12.8 Å². The van der Waals surface area contributed by atoms with Gasteiger partial charge in [0.15, 0.2) is 0 Å². The minimum atomic E-state index is 0.457. The lowest BCUT2D eigenvalue weighted by Gasteiger charge is -2.14. The minimum absolute atomic E-state index is 0.457. The number of likely N-dealkylation sites (N-methyl/N-ethyl adjacent to an activating group) is 1. The predicted octanol–water partition coefficient (Wildman–Crippen LogP) is 4.18. The van der Waals surface area contributed by atoms with Crippen LogP contribution in [0.1, 0.15) is 33.2 Å². The van der Waals surface area contributed by atoms with Crippen molar-refractivity contribution in [2.45, 2.75) is 32.7 Å². The fraction of sp³-hybridized carbons (Fsp3) is 0.429. The summed E-state index contributed by atoms with van der Waals surface area (Å²) >= 11 is 3.80. The molecule has 1 unspecified atom stereocenters. The van der Waals surface area contributed by atoms with Crippen LogP contribution in [0.3, 0.4) is 0 Å². The van der Waals surface area contributed by atoms with Crippen molar-refractivity contribution < 1.29 is 0 Å². The molecule has 0 aliphatic carbocycles. The second kappa shape index (κ2) is 5.80. The summed E-state index contributed by atoms with van der Waals surface area (Å²) in [6, 6.07) is 7.19. The molecule has 0 spiro atoms. The Labute approximate surface area is 112 Å². The average Bonchev–Trinajstić information content (AvgIpc) is 2.95. The van der Waals surface area contributed by atoms with Crippen LogP contribution in [0.15, 0.2) is 23.6 Å². The average molecular weight is 265 g/mol. The summed E-state index contributed by atoms with van der Waals surface area (Å²) in [5.41, 5.74) is 1.40. The predicted molar refractivity (Wildman–Crippen MR) is 78.3 cm³/mol. The summed E-state index contributed by atoms with van der Waals surface area (Å²) in [7, 11) is 2.05. The van der Waals surface area contributed by atoms with Gasteiger partial charge in [-0.2, -0.15) is 0 Å². The maximum absolute atomic E-state index is 3.44. The van der Waals surface area contributed by atoms with Gasteiger partial charge in [-0.05, 0) is 49.5 Å². The number of rotatable bonds is 5. The Morgan fingerprint density at radius 2 is 2.00 bits per heavy atom. The molecule has 0 aliphatic rings. The van der Waals surface area contributed by atoms with Gasteiger partial charge in [0.25, 0.3) is 0 Å². The molecule has 0 bridgehead atoms. The summed E-state index contributed by atoms with van der Waals surface area (Å²) in [4.78, 5) is 4.44. The Morgan fingerprint density at radius 3 is 2.53 bits per heavy atom. The highest BCUT2D eigenvalue weighted by Crippen LogP contribution is 2.29. The number of nitrogens with one attached hydrogen (secondary N) is 1. The van der Waals surface area contributed by atoms with Crippen molar-refractivity contribution in [2.75, 3.05) is 7.05 Å². The highest BCUT2D eigenvalue weighted by molar-refractivity contribution is 7.12. The van der Waals surface area contributed by atoms with Crippen LogP contribution in [-0.2, 0) is 12.8 Å². The molecule has 0 saturated heterocycles. The second-order valence-corrected chi connectivity index (χ2v) is 6.44. The quantitative estimate of drug-likeness (QED) is 0.855. The van der Waals surface area contributed by atoms with E-state index in [1.165, 1.54) is 20.2 Å². The zero-order valence-corrected chi connectivity index (χ0v) is 12.3. The number of thiophene rings is 2. The van der Waals surface area contributed by atoms with E-state index in [2.05, 4.69) is 49.8 Å². The van der Waals surface area contributed by atoms with Crippen molar-refractivity contribution >= 4 is 22.7 Å². The molecule has 2 aromatic heterocycles. The third kappa shape index (κ3) is 2.97. The summed E-state index contributed by atoms with van der Waals surface area (Å²) in [5.74, 6) is 0. The fourth-order valence-corrected chi connectivity index (χ4v) is 4.03. The van der Waals surface area contributed by atoms with Crippen molar-refractivity contribution in [2.24, 2.45) is 0 Å². The van der Waals surface area contributed by atoms with Gasteiger partial charge in [0.2, 0.25) is 0 Å². The molecule has 92 valence electrons. The smallest absolute Gasteiger partial charge is 0.0463 e. The lowest BCUT2D eigenvalue weighted by Crippen LogP contribution is -2.17. The van der Waals surface area contributed by atoms with Gasteiger partial charge < -0.3 is 5.32 Å². The summed E-state index contributed by atoms with van der Waals surface area (Å²) in [5, 5.41) is 5.62. The van der Waals surface area contributed by atoms with E-state index in [0.29, 0.717) is 6.04 Å². The number of hydrogen-bond donors (Lipinski definition) is 1. The molecule has 0 amide bonds. The van der Waals surface area contributed by atoms with Crippen LogP contribution in [0.25, 0.3) is 0 Å². The lowest BCUT2D eigenvalue weighted by atomic mass is 10.1. The molecule has 1 nitrogen and oxygen atoms in total. The van der Waals surface area contributed by atoms with Crippen molar-refractivity contribution in [3.8, 4) is 0 Å². The van der Waals surface area contributed by atoms with E-state index in [1.807, 2.05) is 22.7 Å². The van der Waals surface area contributed by atoms with Crippen LogP contribution in [0.4, 0.5) is 0 Å². The normalized spacial score (nSPS) is 12.9. The summed E-state index contributed by atoms with van der Waals surface area (Å²) in [6.07, 6.45) is 2.25. The number of hydrogen-bond acceptors (Lipinski definition) is 3. The maximum atomic E-state index is 3.44. The third-order valence-electron chi connectivity index (χ3n) is 3.04. The van der Waals surface area contributed by atoms with Gasteiger partial charge in [-0.1, -0.05) is 6.92 Å². The third-order valence-corrected chi connectivity index (χ3v) is 5.42. The monoisotopic (exact) mass is 265 g/mol. The van der Waals surface area contributed by atoms with E-state index >= 15 is 0 Å². The molecular formula is C14H19NS2. The van der Waals surface area contributed by atoms with Gasteiger partial charge in [0, 0.05) is 27.1 Å². The minimum Gasteiger partial charge on any atom is -0.312 e. The van der Waals surface area contributed by atoms with Crippen LogP contribution >= 0.6 is 22.7 Å². The molecule has 0 radical (unpaired) electrons. The molecule has 2 rings (SSSR count). The van der Waals surface area contributed by atoms with Crippen molar-refractivity contribution in [3.05, 3.63) is 43.8 Å².